The van der Waals surface area contributed by atoms with Crippen molar-refractivity contribution in [3.8, 4) is 0 Å². The molecule has 12 heteroatoms. The second-order valence-electron chi connectivity index (χ2n) is 6.61. The SMILES string of the molecule is CC(C)[C@H](NC(=O)c1ccc([N+](=O)[O-])cc1Cl)C(=O)OCC(=O)Nc1cccnc1Cl. The minimum absolute atomic E-state index is 0.0466. The van der Waals surface area contributed by atoms with E-state index in [1.54, 1.807) is 19.9 Å². The van der Waals surface area contributed by atoms with E-state index in [0.717, 1.165) is 12.1 Å². The van der Waals surface area contributed by atoms with E-state index >= 15 is 0 Å². The van der Waals surface area contributed by atoms with E-state index in [2.05, 4.69) is 15.6 Å². The van der Waals surface area contributed by atoms with Crippen molar-refractivity contribution in [1.29, 1.82) is 0 Å². The number of halogens is 2. The Morgan fingerprint density at radius 1 is 1.23 bits per heavy atom. The first-order valence-corrected chi connectivity index (χ1v) is 9.67. The minimum Gasteiger partial charge on any atom is -0.454 e. The van der Waals surface area contributed by atoms with E-state index in [0.29, 0.717) is 0 Å². The van der Waals surface area contributed by atoms with Gasteiger partial charge in [0.05, 0.1) is 21.2 Å². The summed E-state index contributed by atoms with van der Waals surface area (Å²) in [5, 5.41) is 15.7. The Balaban J connectivity index is 2.00. The second-order valence-corrected chi connectivity index (χ2v) is 7.38. The summed E-state index contributed by atoms with van der Waals surface area (Å²) in [6.45, 7) is 2.72. The lowest BCUT2D eigenvalue weighted by atomic mass is 10.0. The van der Waals surface area contributed by atoms with Gasteiger partial charge < -0.3 is 15.4 Å². The minimum atomic E-state index is -1.09. The molecule has 0 saturated carbocycles. The largest absolute Gasteiger partial charge is 0.454 e. The number of hydrogen-bond donors (Lipinski definition) is 2. The third-order valence-corrected chi connectivity index (χ3v) is 4.61. The molecule has 2 N–H and O–H groups in total. The molecule has 10 nitrogen and oxygen atoms in total. The molecule has 1 atom stereocenters. The molecule has 0 unspecified atom stereocenters. The van der Waals surface area contributed by atoms with E-state index in [1.165, 1.54) is 18.3 Å². The van der Waals surface area contributed by atoms with Gasteiger partial charge in [-0.25, -0.2) is 9.78 Å². The molecule has 164 valence electrons. The molecule has 0 aliphatic rings. The van der Waals surface area contributed by atoms with Crippen molar-refractivity contribution in [2.45, 2.75) is 19.9 Å². The zero-order valence-corrected chi connectivity index (χ0v) is 17.9. The molecule has 1 aromatic carbocycles. The summed E-state index contributed by atoms with van der Waals surface area (Å²) in [5.74, 6) is -2.59. The molecule has 0 bridgehead atoms. The van der Waals surface area contributed by atoms with Crippen LogP contribution in [0.3, 0.4) is 0 Å². The second kappa shape index (κ2) is 10.7. The van der Waals surface area contributed by atoms with Gasteiger partial charge in [-0.1, -0.05) is 37.0 Å². The monoisotopic (exact) mass is 468 g/mol. The summed E-state index contributed by atoms with van der Waals surface area (Å²) in [6, 6.07) is 5.35. The van der Waals surface area contributed by atoms with Crippen LogP contribution >= 0.6 is 23.2 Å². The fraction of sp³-hybridized carbons (Fsp3) is 0.263. The van der Waals surface area contributed by atoms with Crippen LogP contribution in [-0.2, 0) is 14.3 Å². The van der Waals surface area contributed by atoms with E-state index in [1.807, 2.05) is 0 Å². The van der Waals surface area contributed by atoms with Crippen LogP contribution < -0.4 is 10.6 Å². The van der Waals surface area contributed by atoms with Gasteiger partial charge in [-0.2, -0.15) is 0 Å². The predicted octanol–water partition coefficient (Wildman–Crippen LogP) is 3.23. The molecule has 0 saturated heterocycles. The molecule has 1 aromatic heterocycles. The lowest BCUT2D eigenvalue weighted by molar-refractivity contribution is -0.384. The molecule has 0 aliphatic heterocycles. The molecule has 0 fully saturated rings. The van der Waals surface area contributed by atoms with E-state index in [-0.39, 0.29) is 33.0 Å². The van der Waals surface area contributed by atoms with Crippen LogP contribution in [0.2, 0.25) is 10.2 Å². The number of anilines is 1. The maximum absolute atomic E-state index is 12.5. The molecule has 31 heavy (non-hydrogen) atoms. The van der Waals surface area contributed by atoms with Gasteiger partial charge in [-0.15, -0.1) is 0 Å². The van der Waals surface area contributed by atoms with Gasteiger partial charge in [-0.3, -0.25) is 19.7 Å². The molecular weight excluding hydrogens is 451 g/mol. The summed E-state index contributed by atoms with van der Waals surface area (Å²) in [6.07, 6.45) is 1.45. The zero-order chi connectivity index (χ0) is 23.1. The number of nitrogens with zero attached hydrogens (tertiary/aromatic N) is 2. The van der Waals surface area contributed by atoms with Crippen molar-refractivity contribution in [3.05, 3.63) is 62.4 Å². The number of ether oxygens (including phenoxy) is 1. The predicted molar refractivity (Wildman–Crippen MR) is 113 cm³/mol. The topological polar surface area (TPSA) is 141 Å². The number of non-ortho nitro benzene ring substituents is 1. The highest BCUT2D eigenvalue weighted by atomic mass is 35.5. The average Bonchev–Trinajstić information content (AvgIpc) is 2.71. The number of carbonyl (C=O) groups is 3. The van der Waals surface area contributed by atoms with Gasteiger partial charge in [0.2, 0.25) is 0 Å². The number of rotatable bonds is 8. The number of esters is 1. The van der Waals surface area contributed by atoms with Crippen molar-refractivity contribution in [1.82, 2.24) is 10.3 Å². The molecule has 2 aromatic rings. The maximum Gasteiger partial charge on any atom is 0.329 e. The van der Waals surface area contributed by atoms with Gasteiger partial charge in [0, 0.05) is 18.3 Å². The number of hydrogen-bond acceptors (Lipinski definition) is 7. The number of nitrogens with one attached hydrogen (secondary N) is 2. The van der Waals surface area contributed by atoms with E-state index < -0.39 is 35.4 Å². The highest BCUT2D eigenvalue weighted by Crippen LogP contribution is 2.23. The van der Waals surface area contributed by atoms with Crippen LogP contribution in [0, 0.1) is 16.0 Å². The molecule has 2 amide bonds. The van der Waals surface area contributed by atoms with Crippen LogP contribution in [-0.4, -0.2) is 40.3 Å². The molecule has 0 radical (unpaired) electrons. The number of amides is 2. The molecule has 2 rings (SSSR count). The number of nitro groups is 1. The van der Waals surface area contributed by atoms with Crippen molar-refractivity contribution in [3.63, 3.8) is 0 Å². The van der Waals surface area contributed by atoms with Crippen molar-refractivity contribution >= 4 is 52.4 Å². The Kier molecular flexibility index (Phi) is 8.29. The third-order valence-electron chi connectivity index (χ3n) is 3.99. The number of pyridine rings is 1. The number of carbonyl (C=O) groups excluding carboxylic acids is 3. The smallest absolute Gasteiger partial charge is 0.329 e. The summed E-state index contributed by atoms with van der Waals surface area (Å²) < 4.78 is 5.01. The zero-order valence-electron chi connectivity index (χ0n) is 16.4. The number of aromatic nitrogens is 1. The first kappa shape index (κ1) is 24.0. The average molecular weight is 469 g/mol. The Bertz CT molecular complexity index is 1010. The summed E-state index contributed by atoms with van der Waals surface area (Å²) in [5.41, 5.74) is -0.0671. The van der Waals surface area contributed by atoms with Crippen LogP contribution in [0.15, 0.2) is 36.5 Å². The fourth-order valence-corrected chi connectivity index (χ4v) is 2.84. The lowest BCUT2D eigenvalue weighted by Crippen LogP contribution is -2.46. The normalized spacial score (nSPS) is 11.5. The third kappa shape index (κ3) is 6.63. The summed E-state index contributed by atoms with van der Waals surface area (Å²) in [7, 11) is 0. The Hall–Kier alpha value is -3.24. The Labute approximate surface area is 187 Å². The van der Waals surface area contributed by atoms with Crippen molar-refractivity contribution in [2.75, 3.05) is 11.9 Å². The molecule has 0 aliphatic carbocycles. The highest BCUT2D eigenvalue weighted by Gasteiger charge is 2.28. The molecular formula is C19H18Cl2N4O6. The highest BCUT2D eigenvalue weighted by molar-refractivity contribution is 6.34. The van der Waals surface area contributed by atoms with Crippen LogP contribution in [0.25, 0.3) is 0 Å². The maximum atomic E-state index is 12.5. The van der Waals surface area contributed by atoms with Crippen LogP contribution in [0.4, 0.5) is 11.4 Å². The van der Waals surface area contributed by atoms with Gasteiger partial charge in [0.1, 0.15) is 6.04 Å². The standard InChI is InChI=1S/C19H18Cl2N4O6/c1-10(2)16(24-18(27)12-6-5-11(25(29)30)8-13(12)20)19(28)31-9-15(26)23-14-4-3-7-22-17(14)21/h3-8,10,16H,9H2,1-2H3,(H,23,26)(H,24,27)/t16-/m0/s1. The van der Waals surface area contributed by atoms with Gasteiger partial charge >= 0.3 is 5.97 Å². The van der Waals surface area contributed by atoms with Gasteiger partial charge in [0.15, 0.2) is 11.8 Å². The Morgan fingerprint density at radius 3 is 2.52 bits per heavy atom. The van der Waals surface area contributed by atoms with Crippen LogP contribution in [0.5, 0.6) is 0 Å². The first-order chi connectivity index (χ1) is 14.6. The number of nitro benzene ring substituents is 1. The molecule has 0 spiro atoms. The van der Waals surface area contributed by atoms with Gasteiger partial charge in [0.25, 0.3) is 17.5 Å². The van der Waals surface area contributed by atoms with Crippen molar-refractivity contribution < 1.29 is 24.0 Å². The van der Waals surface area contributed by atoms with Crippen LogP contribution in [0.1, 0.15) is 24.2 Å². The summed E-state index contributed by atoms with van der Waals surface area (Å²) in [4.78, 5) is 50.9. The first-order valence-electron chi connectivity index (χ1n) is 8.92. The lowest BCUT2D eigenvalue weighted by Gasteiger charge is -2.21. The Morgan fingerprint density at radius 2 is 1.94 bits per heavy atom. The van der Waals surface area contributed by atoms with E-state index in [4.69, 9.17) is 27.9 Å². The van der Waals surface area contributed by atoms with E-state index in [9.17, 15) is 24.5 Å². The van der Waals surface area contributed by atoms with Crippen molar-refractivity contribution in [2.24, 2.45) is 5.92 Å². The van der Waals surface area contributed by atoms with Gasteiger partial charge in [-0.05, 0) is 24.1 Å². The molecule has 1 heterocycles. The summed E-state index contributed by atoms with van der Waals surface area (Å²) >= 11 is 11.8. The quantitative estimate of drug-likeness (QED) is 0.262. The number of benzene rings is 1. The fourth-order valence-electron chi connectivity index (χ4n) is 2.41.